The molecule has 2 atom stereocenters. The number of rotatable bonds is 3. The predicted octanol–water partition coefficient (Wildman–Crippen LogP) is 3.55. The number of hydrogen-bond acceptors (Lipinski definition) is 1. The molecule has 0 spiro atoms. The van der Waals surface area contributed by atoms with Crippen molar-refractivity contribution in [2.45, 2.75) is 32.7 Å². The molecule has 0 bridgehead atoms. The van der Waals surface area contributed by atoms with Gasteiger partial charge in [-0.1, -0.05) is 43.7 Å². The summed E-state index contributed by atoms with van der Waals surface area (Å²) in [6.45, 7) is 6.20. The molecule has 1 heterocycles. The van der Waals surface area contributed by atoms with E-state index in [1.54, 1.807) is 0 Å². The average molecular weight is 229 g/mol. The number of nitrogens with zero attached hydrogens (tertiary/aromatic N) is 1. The maximum absolute atomic E-state index is 2.66. The van der Waals surface area contributed by atoms with E-state index in [2.05, 4.69) is 42.2 Å². The first kappa shape index (κ1) is 11.3. The number of benzene rings is 1. The van der Waals surface area contributed by atoms with Gasteiger partial charge < -0.3 is 0 Å². The fourth-order valence-corrected chi connectivity index (χ4v) is 3.83. The summed E-state index contributed by atoms with van der Waals surface area (Å²) in [4.78, 5) is 2.66. The fourth-order valence-electron chi connectivity index (χ4n) is 3.83. The molecule has 17 heavy (non-hydrogen) atoms. The van der Waals surface area contributed by atoms with Gasteiger partial charge in [-0.2, -0.15) is 0 Å². The van der Waals surface area contributed by atoms with Crippen LogP contribution in [-0.4, -0.2) is 18.0 Å². The Morgan fingerprint density at radius 3 is 2.29 bits per heavy atom. The SMILES string of the molecule is CCC1CC2CN(Cc3ccccc3)CC2C1. The molecule has 1 nitrogen and oxygen atoms in total. The minimum atomic E-state index is 1.00. The topological polar surface area (TPSA) is 3.24 Å². The number of likely N-dealkylation sites (tertiary alicyclic amines) is 1. The highest BCUT2D eigenvalue weighted by molar-refractivity contribution is 5.14. The van der Waals surface area contributed by atoms with Crippen LogP contribution in [0.15, 0.2) is 30.3 Å². The molecule has 1 saturated carbocycles. The van der Waals surface area contributed by atoms with Gasteiger partial charge in [-0.15, -0.1) is 0 Å². The summed E-state index contributed by atoms with van der Waals surface area (Å²) in [5.74, 6) is 3.04. The normalized spacial score (nSPS) is 32.9. The van der Waals surface area contributed by atoms with Gasteiger partial charge in [0.25, 0.3) is 0 Å². The molecule has 0 aromatic heterocycles. The summed E-state index contributed by atoms with van der Waals surface area (Å²) in [5, 5.41) is 0. The van der Waals surface area contributed by atoms with Crippen LogP contribution in [0.5, 0.6) is 0 Å². The van der Waals surface area contributed by atoms with E-state index in [0.717, 1.165) is 24.3 Å². The van der Waals surface area contributed by atoms with Crippen LogP contribution in [0.4, 0.5) is 0 Å². The lowest BCUT2D eigenvalue weighted by atomic mass is 10.0. The van der Waals surface area contributed by atoms with Crippen molar-refractivity contribution < 1.29 is 0 Å². The molecule has 0 N–H and O–H groups in total. The van der Waals surface area contributed by atoms with Gasteiger partial charge in [0.1, 0.15) is 0 Å². The van der Waals surface area contributed by atoms with Crippen molar-refractivity contribution in [2.24, 2.45) is 17.8 Å². The summed E-state index contributed by atoms with van der Waals surface area (Å²) in [6.07, 6.45) is 4.38. The van der Waals surface area contributed by atoms with Crippen LogP contribution < -0.4 is 0 Å². The summed E-state index contributed by atoms with van der Waals surface area (Å²) in [7, 11) is 0. The Morgan fingerprint density at radius 2 is 1.71 bits per heavy atom. The van der Waals surface area contributed by atoms with Crippen molar-refractivity contribution in [3.63, 3.8) is 0 Å². The van der Waals surface area contributed by atoms with E-state index in [1.165, 1.54) is 37.9 Å². The molecule has 92 valence electrons. The molecule has 2 unspecified atom stereocenters. The highest BCUT2D eigenvalue weighted by Gasteiger charge is 2.39. The standard InChI is InChI=1S/C16H23N/c1-2-13-8-15-11-17(12-16(15)9-13)10-14-6-4-3-5-7-14/h3-7,13,15-16H,2,8-12H2,1H3. The van der Waals surface area contributed by atoms with E-state index in [-0.39, 0.29) is 0 Å². The molecule has 2 aliphatic rings. The smallest absolute Gasteiger partial charge is 0.0233 e. The first-order valence-electron chi connectivity index (χ1n) is 7.11. The molecule has 1 aromatic carbocycles. The fraction of sp³-hybridized carbons (Fsp3) is 0.625. The largest absolute Gasteiger partial charge is 0.299 e. The first-order chi connectivity index (χ1) is 8.35. The van der Waals surface area contributed by atoms with Gasteiger partial charge in [0, 0.05) is 19.6 Å². The summed E-state index contributed by atoms with van der Waals surface area (Å²) < 4.78 is 0. The van der Waals surface area contributed by atoms with Gasteiger partial charge in [-0.3, -0.25) is 4.90 Å². The molecule has 2 fully saturated rings. The number of hydrogen-bond donors (Lipinski definition) is 0. The lowest BCUT2D eigenvalue weighted by molar-refractivity contribution is 0.289. The molecule has 1 aliphatic carbocycles. The summed E-state index contributed by atoms with van der Waals surface area (Å²) >= 11 is 0. The Morgan fingerprint density at radius 1 is 1.06 bits per heavy atom. The van der Waals surface area contributed by atoms with E-state index < -0.39 is 0 Å². The first-order valence-corrected chi connectivity index (χ1v) is 7.11. The molecule has 0 amide bonds. The minimum Gasteiger partial charge on any atom is -0.299 e. The molecule has 1 saturated heterocycles. The van der Waals surface area contributed by atoms with E-state index in [0.29, 0.717) is 0 Å². The van der Waals surface area contributed by atoms with Crippen molar-refractivity contribution in [3.8, 4) is 0 Å². The van der Waals surface area contributed by atoms with Crippen molar-refractivity contribution in [3.05, 3.63) is 35.9 Å². The second-order valence-electron chi connectivity index (χ2n) is 5.95. The third kappa shape index (κ3) is 2.40. The Balaban J connectivity index is 1.56. The van der Waals surface area contributed by atoms with E-state index >= 15 is 0 Å². The van der Waals surface area contributed by atoms with Crippen molar-refractivity contribution in [2.75, 3.05) is 13.1 Å². The average Bonchev–Trinajstić information content (AvgIpc) is 2.87. The van der Waals surface area contributed by atoms with Crippen LogP contribution in [0.1, 0.15) is 31.7 Å². The van der Waals surface area contributed by atoms with Crippen LogP contribution in [0.3, 0.4) is 0 Å². The van der Waals surface area contributed by atoms with Crippen LogP contribution in [0, 0.1) is 17.8 Å². The molecular weight excluding hydrogens is 206 g/mol. The maximum Gasteiger partial charge on any atom is 0.0233 e. The van der Waals surface area contributed by atoms with E-state index in [4.69, 9.17) is 0 Å². The van der Waals surface area contributed by atoms with Gasteiger partial charge in [0.15, 0.2) is 0 Å². The molecular formula is C16H23N. The van der Waals surface area contributed by atoms with Crippen molar-refractivity contribution in [1.82, 2.24) is 4.90 Å². The molecule has 1 aliphatic heterocycles. The maximum atomic E-state index is 2.66. The zero-order chi connectivity index (χ0) is 11.7. The second kappa shape index (κ2) is 4.81. The minimum absolute atomic E-state index is 1.00. The Kier molecular flexibility index (Phi) is 3.19. The molecule has 1 aromatic rings. The zero-order valence-electron chi connectivity index (χ0n) is 10.8. The molecule has 1 heteroatoms. The summed E-state index contributed by atoms with van der Waals surface area (Å²) in [5.41, 5.74) is 1.47. The Labute approximate surface area is 105 Å². The van der Waals surface area contributed by atoms with Crippen molar-refractivity contribution >= 4 is 0 Å². The Hall–Kier alpha value is -0.820. The van der Waals surface area contributed by atoms with Gasteiger partial charge >= 0.3 is 0 Å². The van der Waals surface area contributed by atoms with Gasteiger partial charge in [-0.05, 0) is 36.2 Å². The Bertz CT molecular complexity index is 345. The third-order valence-electron chi connectivity index (χ3n) is 4.75. The van der Waals surface area contributed by atoms with Crippen LogP contribution in [-0.2, 0) is 6.54 Å². The lowest BCUT2D eigenvalue weighted by Gasteiger charge is -2.18. The molecule has 0 radical (unpaired) electrons. The quantitative estimate of drug-likeness (QED) is 0.766. The van der Waals surface area contributed by atoms with Crippen LogP contribution >= 0.6 is 0 Å². The van der Waals surface area contributed by atoms with Gasteiger partial charge in [-0.25, -0.2) is 0 Å². The molecule has 3 rings (SSSR count). The zero-order valence-corrected chi connectivity index (χ0v) is 10.8. The van der Waals surface area contributed by atoms with E-state index in [9.17, 15) is 0 Å². The van der Waals surface area contributed by atoms with Gasteiger partial charge in [0.05, 0.1) is 0 Å². The predicted molar refractivity (Wildman–Crippen MR) is 71.7 cm³/mol. The monoisotopic (exact) mass is 229 g/mol. The van der Waals surface area contributed by atoms with Gasteiger partial charge in [0.2, 0.25) is 0 Å². The lowest BCUT2D eigenvalue weighted by Crippen LogP contribution is -2.21. The van der Waals surface area contributed by atoms with Crippen molar-refractivity contribution in [1.29, 1.82) is 0 Å². The summed E-state index contributed by atoms with van der Waals surface area (Å²) in [6, 6.07) is 10.9. The van der Waals surface area contributed by atoms with E-state index in [1.807, 2.05) is 0 Å². The highest BCUT2D eigenvalue weighted by Crippen LogP contribution is 2.42. The third-order valence-corrected chi connectivity index (χ3v) is 4.75. The van der Waals surface area contributed by atoms with Crippen LogP contribution in [0.25, 0.3) is 0 Å². The second-order valence-corrected chi connectivity index (χ2v) is 5.95. The number of fused-ring (bicyclic) bond motifs is 1. The highest BCUT2D eigenvalue weighted by atomic mass is 15.2. The van der Waals surface area contributed by atoms with Crippen LogP contribution in [0.2, 0.25) is 0 Å².